The van der Waals surface area contributed by atoms with Gasteiger partial charge in [-0.05, 0) is 64.6 Å². The van der Waals surface area contributed by atoms with Crippen molar-refractivity contribution in [2.24, 2.45) is 10.7 Å². The Labute approximate surface area is 343 Å². The maximum Gasteiger partial charge on any atom is 0.126 e. The van der Waals surface area contributed by atoms with E-state index in [1.165, 1.54) is 84.0 Å². The molecule has 2 N–H and O–H groups in total. The van der Waals surface area contributed by atoms with Crippen LogP contribution in [0.25, 0.3) is 84.2 Å². The third-order valence-corrected chi connectivity index (χ3v) is 14.6. The summed E-state index contributed by atoms with van der Waals surface area (Å²) in [4.78, 5) is 6.05. The molecule has 5 heteroatoms. The Bertz CT molecular complexity index is 3560. The van der Waals surface area contributed by atoms with Gasteiger partial charge in [-0.2, -0.15) is 0 Å². The third-order valence-electron chi connectivity index (χ3n) is 12.3. The molecule has 1 aliphatic rings. The first-order valence-electron chi connectivity index (χ1n) is 20.1. The third kappa shape index (κ3) is 4.87. The molecule has 58 heavy (non-hydrogen) atoms. The molecule has 8 aromatic carbocycles. The molecule has 3 aromatic heterocycles. The Hall–Kier alpha value is -6.53. The number of benzene rings is 8. The maximum absolute atomic E-state index is 7.51. The van der Waals surface area contributed by atoms with Crippen LogP contribution in [0.4, 0.5) is 0 Å². The van der Waals surface area contributed by atoms with E-state index in [2.05, 4.69) is 175 Å². The standard InChI is InChI=1S/C53H37N3S2/c1-2-46(56-42-24-12-9-22-40(42)47-38-20-7-8-21-39(38)48-41-23-11-14-26-44(41)58-53(48)52(47)56)55-51(33-27-28-37-36-19-10-13-25-43(36)57-45(37)30-33)49-34-17-5-3-15-31(34)29-32-16-4-6-18-35(32)50(49)54/h3-28,30,46H,2,29,54H2,1H3. The molecule has 0 radical (unpaired) electrons. The summed E-state index contributed by atoms with van der Waals surface area (Å²) < 4.78 is 7.70. The molecule has 0 bridgehead atoms. The second-order valence-electron chi connectivity index (χ2n) is 15.4. The number of aliphatic imine (C=N–C) groups is 1. The van der Waals surface area contributed by atoms with Crippen LogP contribution in [-0.2, 0) is 6.42 Å². The summed E-state index contributed by atoms with van der Waals surface area (Å²) in [6.07, 6.45) is 1.35. The monoisotopic (exact) mass is 779 g/mol. The number of thiophene rings is 2. The Kier molecular flexibility index (Phi) is 7.53. The fourth-order valence-corrected chi connectivity index (χ4v) is 12.1. The Morgan fingerprint density at radius 3 is 1.95 bits per heavy atom. The summed E-state index contributed by atoms with van der Waals surface area (Å²) in [5.74, 6) is 0. The number of fused-ring (bicyclic) bond motifs is 15. The van der Waals surface area contributed by atoms with Crippen molar-refractivity contribution in [3.63, 3.8) is 0 Å². The predicted octanol–water partition coefficient (Wildman–Crippen LogP) is 14.5. The first-order valence-corrected chi connectivity index (χ1v) is 21.7. The normalized spacial score (nSPS) is 14.0. The highest BCUT2D eigenvalue weighted by molar-refractivity contribution is 7.27. The van der Waals surface area contributed by atoms with Crippen LogP contribution in [0.15, 0.2) is 169 Å². The average Bonchev–Trinajstić information content (AvgIpc) is 3.93. The molecule has 0 spiro atoms. The van der Waals surface area contributed by atoms with Gasteiger partial charge >= 0.3 is 0 Å². The van der Waals surface area contributed by atoms with Crippen molar-refractivity contribution in [2.45, 2.75) is 25.9 Å². The van der Waals surface area contributed by atoms with E-state index in [9.17, 15) is 0 Å². The van der Waals surface area contributed by atoms with Crippen LogP contribution < -0.4 is 5.73 Å². The molecule has 1 aliphatic carbocycles. The second kappa shape index (κ2) is 13.0. The number of nitrogens with zero attached hydrogens (tertiary/aromatic N) is 2. The Balaban J connectivity index is 1.22. The van der Waals surface area contributed by atoms with Crippen molar-refractivity contribution < 1.29 is 0 Å². The zero-order valence-corrected chi connectivity index (χ0v) is 33.5. The van der Waals surface area contributed by atoms with Crippen LogP contribution in [0.3, 0.4) is 0 Å². The van der Waals surface area contributed by atoms with E-state index in [-0.39, 0.29) is 6.17 Å². The lowest BCUT2D eigenvalue weighted by molar-refractivity contribution is 0.540. The van der Waals surface area contributed by atoms with Crippen LogP contribution in [0.1, 0.15) is 47.3 Å². The summed E-state index contributed by atoms with van der Waals surface area (Å²) in [6.45, 7) is 2.28. The smallest absolute Gasteiger partial charge is 0.126 e. The molecule has 0 saturated carbocycles. The molecule has 276 valence electrons. The van der Waals surface area contributed by atoms with Crippen molar-refractivity contribution in [1.82, 2.24) is 4.57 Å². The van der Waals surface area contributed by atoms with E-state index < -0.39 is 0 Å². The largest absolute Gasteiger partial charge is 0.398 e. The molecule has 0 saturated heterocycles. The minimum absolute atomic E-state index is 0.240. The first kappa shape index (κ1) is 33.6. The van der Waals surface area contributed by atoms with E-state index in [1.807, 2.05) is 22.7 Å². The van der Waals surface area contributed by atoms with Gasteiger partial charge in [0.2, 0.25) is 0 Å². The lowest BCUT2D eigenvalue weighted by atomic mass is 9.90. The van der Waals surface area contributed by atoms with Crippen molar-refractivity contribution in [1.29, 1.82) is 0 Å². The summed E-state index contributed by atoms with van der Waals surface area (Å²) >= 11 is 3.74. The summed E-state index contributed by atoms with van der Waals surface area (Å²) in [5, 5.41) is 10.3. The Morgan fingerprint density at radius 1 is 0.586 bits per heavy atom. The van der Waals surface area contributed by atoms with Gasteiger partial charge in [-0.3, -0.25) is 4.99 Å². The summed E-state index contributed by atoms with van der Waals surface area (Å²) in [7, 11) is 0. The summed E-state index contributed by atoms with van der Waals surface area (Å²) in [5.41, 5.74) is 18.4. The van der Waals surface area contributed by atoms with Crippen LogP contribution in [-0.4, -0.2) is 10.3 Å². The van der Waals surface area contributed by atoms with E-state index >= 15 is 0 Å². The number of rotatable bonds is 5. The van der Waals surface area contributed by atoms with Gasteiger partial charge in [0.05, 0.1) is 21.4 Å². The molecule has 1 unspecified atom stereocenters. The number of aromatic nitrogens is 1. The molecule has 0 aliphatic heterocycles. The number of hydrogen-bond donors (Lipinski definition) is 1. The van der Waals surface area contributed by atoms with Crippen LogP contribution in [0.5, 0.6) is 0 Å². The lowest BCUT2D eigenvalue weighted by Gasteiger charge is -2.22. The SMILES string of the molecule is CCC(N=C(C1=C(N)c2ccccc2Cc2ccccc21)c1ccc2c(c1)sc1ccccc12)n1c2ccccc2c2c3ccccc3c3c4ccccc4sc3c21. The Morgan fingerprint density at radius 2 is 1.17 bits per heavy atom. The van der Waals surface area contributed by atoms with Gasteiger partial charge in [-0.25, -0.2) is 0 Å². The molecule has 1 atom stereocenters. The number of allylic oxidation sites excluding steroid dienone is 1. The number of hydrogen-bond acceptors (Lipinski definition) is 4. The highest BCUT2D eigenvalue weighted by Gasteiger charge is 2.28. The van der Waals surface area contributed by atoms with Gasteiger partial charge in [0, 0.05) is 68.8 Å². The van der Waals surface area contributed by atoms with Crippen molar-refractivity contribution in [2.75, 3.05) is 0 Å². The second-order valence-corrected chi connectivity index (χ2v) is 17.6. The minimum atomic E-state index is -0.240. The van der Waals surface area contributed by atoms with Gasteiger partial charge in [0.25, 0.3) is 0 Å². The number of para-hydroxylation sites is 1. The quantitative estimate of drug-likeness (QED) is 0.174. The molecular weight excluding hydrogens is 743 g/mol. The van der Waals surface area contributed by atoms with Gasteiger partial charge in [0.15, 0.2) is 0 Å². The molecule has 12 rings (SSSR count). The van der Waals surface area contributed by atoms with Gasteiger partial charge in [-0.1, -0.05) is 146 Å². The topological polar surface area (TPSA) is 43.3 Å². The number of nitrogens with two attached hydrogens (primary N) is 1. The molecule has 0 amide bonds. The van der Waals surface area contributed by atoms with E-state index in [0.717, 1.165) is 46.5 Å². The van der Waals surface area contributed by atoms with E-state index in [4.69, 9.17) is 10.7 Å². The lowest BCUT2D eigenvalue weighted by Crippen LogP contribution is -2.15. The highest BCUT2D eigenvalue weighted by atomic mass is 32.1. The molecular formula is C53H37N3S2. The zero-order chi connectivity index (χ0) is 38.5. The predicted molar refractivity (Wildman–Crippen MR) is 252 cm³/mol. The fourth-order valence-electron chi connectivity index (χ4n) is 9.70. The maximum atomic E-state index is 7.51. The molecule has 3 heterocycles. The molecule has 3 nitrogen and oxygen atoms in total. The van der Waals surface area contributed by atoms with E-state index in [1.54, 1.807) is 0 Å². The van der Waals surface area contributed by atoms with Gasteiger partial charge < -0.3 is 10.3 Å². The minimum Gasteiger partial charge on any atom is -0.398 e. The zero-order valence-electron chi connectivity index (χ0n) is 31.9. The summed E-state index contributed by atoms with van der Waals surface area (Å²) in [6, 6.07) is 59.8. The van der Waals surface area contributed by atoms with Crippen LogP contribution in [0.2, 0.25) is 0 Å². The van der Waals surface area contributed by atoms with Crippen molar-refractivity contribution >= 4 is 113 Å². The average molecular weight is 780 g/mol. The van der Waals surface area contributed by atoms with Gasteiger partial charge in [0.1, 0.15) is 6.17 Å². The molecule has 0 fully saturated rings. The van der Waals surface area contributed by atoms with Gasteiger partial charge in [-0.15, -0.1) is 22.7 Å². The van der Waals surface area contributed by atoms with E-state index in [0.29, 0.717) is 0 Å². The highest BCUT2D eigenvalue weighted by Crippen LogP contribution is 2.49. The fraction of sp³-hybridized carbons (Fsp3) is 0.0755. The van der Waals surface area contributed by atoms with Crippen molar-refractivity contribution in [3.8, 4) is 0 Å². The van der Waals surface area contributed by atoms with Crippen LogP contribution >= 0.6 is 22.7 Å². The molecule has 11 aromatic rings. The first-order chi connectivity index (χ1) is 28.7. The van der Waals surface area contributed by atoms with Crippen LogP contribution in [0, 0.1) is 0 Å². The van der Waals surface area contributed by atoms with Crippen molar-refractivity contribution in [3.05, 3.63) is 192 Å².